The van der Waals surface area contributed by atoms with Crippen LogP contribution in [0.3, 0.4) is 0 Å². The van der Waals surface area contributed by atoms with Gasteiger partial charge in [0, 0.05) is 6.04 Å². The number of fused-ring (bicyclic) bond motifs is 1. The molecule has 1 fully saturated rings. The van der Waals surface area contributed by atoms with Crippen LogP contribution in [0.25, 0.3) is 0 Å². The molecule has 1 unspecified atom stereocenters. The first-order chi connectivity index (χ1) is 9.23. The van der Waals surface area contributed by atoms with Gasteiger partial charge in [-0.3, -0.25) is 0 Å². The smallest absolute Gasteiger partial charge is 0.0725 e. The van der Waals surface area contributed by atoms with E-state index in [1.807, 2.05) is 0 Å². The van der Waals surface area contributed by atoms with Gasteiger partial charge in [0.05, 0.1) is 13.2 Å². The second kappa shape index (κ2) is 5.26. The van der Waals surface area contributed by atoms with Gasteiger partial charge in [-0.25, -0.2) is 0 Å². The predicted molar refractivity (Wildman–Crippen MR) is 77.9 cm³/mol. The Kier molecular flexibility index (Phi) is 3.64. The van der Waals surface area contributed by atoms with Crippen molar-refractivity contribution >= 4 is 0 Å². The number of hydrogen-bond donors (Lipinski definition) is 1. The molecule has 1 saturated carbocycles. The topological polar surface area (TPSA) is 21.3 Å². The Morgan fingerprint density at radius 1 is 1.21 bits per heavy atom. The highest BCUT2D eigenvalue weighted by Crippen LogP contribution is 2.47. The van der Waals surface area contributed by atoms with Crippen LogP contribution >= 0.6 is 0 Å². The van der Waals surface area contributed by atoms with Crippen molar-refractivity contribution in [2.75, 3.05) is 6.54 Å². The zero-order valence-electron chi connectivity index (χ0n) is 12.2. The molecule has 2 heteroatoms. The highest BCUT2D eigenvalue weighted by molar-refractivity contribution is 5.35. The Morgan fingerprint density at radius 3 is 2.68 bits per heavy atom. The van der Waals surface area contributed by atoms with Crippen molar-refractivity contribution in [2.45, 2.75) is 58.8 Å². The van der Waals surface area contributed by atoms with E-state index in [1.165, 1.54) is 42.4 Å². The van der Waals surface area contributed by atoms with Crippen molar-refractivity contribution in [3.63, 3.8) is 0 Å². The molecule has 1 aliphatic carbocycles. The second-order valence-corrected chi connectivity index (χ2v) is 6.37. The molecule has 1 aromatic rings. The van der Waals surface area contributed by atoms with Crippen LogP contribution < -0.4 is 5.32 Å². The molecule has 2 nitrogen and oxygen atoms in total. The summed E-state index contributed by atoms with van der Waals surface area (Å²) in [6.07, 6.45) is 5.45. The number of ether oxygens (including phenoxy) is 1. The molecule has 0 radical (unpaired) electrons. The number of rotatable bonds is 4. The van der Waals surface area contributed by atoms with Gasteiger partial charge in [-0.2, -0.15) is 0 Å². The molecule has 1 heterocycles. The van der Waals surface area contributed by atoms with E-state index >= 15 is 0 Å². The summed E-state index contributed by atoms with van der Waals surface area (Å²) in [7, 11) is 0. The molecular formula is C17H25NO. The highest BCUT2D eigenvalue weighted by Gasteiger charge is 2.37. The van der Waals surface area contributed by atoms with Crippen LogP contribution in [0.5, 0.6) is 0 Å². The molecule has 0 spiro atoms. The molecule has 0 amide bonds. The summed E-state index contributed by atoms with van der Waals surface area (Å²) in [6.45, 7) is 7.28. The predicted octanol–water partition coefficient (Wildman–Crippen LogP) is 3.95. The molecular weight excluding hydrogens is 234 g/mol. The van der Waals surface area contributed by atoms with E-state index in [-0.39, 0.29) is 0 Å². The van der Waals surface area contributed by atoms with Gasteiger partial charge in [-0.15, -0.1) is 0 Å². The fourth-order valence-corrected chi connectivity index (χ4v) is 3.81. The van der Waals surface area contributed by atoms with Crippen molar-refractivity contribution in [2.24, 2.45) is 5.41 Å². The van der Waals surface area contributed by atoms with Gasteiger partial charge < -0.3 is 10.1 Å². The van der Waals surface area contributed by atoms with Crippen LogP contribution in [0.1, 0.15) is 62.3 Å². The Bertz CT molecular complexity index is 449. The summed E-state index contributed by atoms with van der Waals surface area (Å²) < 4.78 is 5.54. The molecule has 1 atom stereocenters. The third-order valence-corrected chi connectivity index (χ3v) is 4.93. The molecule has 1 N–H and O–H groups in total. The molecule has 0 saturated heterocycles. The lowest BCUT2D eigenvalue weighted by Gasteiger charge is -2.35. The summed E-state index contributed by atoms with van der Waals surface area (Å²) in [6, 6.07) is 7.44. The average molecular weight is 259 g/mol. The van der Waals surface area contributed by atoms with E-state index in [9.17, 15) is 0 Å². The fourth-order valence-electron chi connectivity index (χ4n) is 3.81. The van der Waals surface area contributed by atoms with Crippen LogP contribution in [0, 0.1) is 5.41 Å². The molecule has 104 valence electrons. The maximum Gasteiger partial charge on any atom is 0.0725 e. The van der Waals surface area contributed by atoms with E-state index in [2.05, 4.69) is 37.4 Å². The molecule has 1 aliphatic heterocycles. The highest BCUT2D eigenvalue weighted by atomic mass is 16.5. The van der Waals surface area contributed by atoms with Crippen LogP contribution in [-0.2, 0) is 18.0 Å². The standard InChI is InChI=1S/C17H25NO/c1-3-18-16(17(2)8-4-5-9-17)13-6-7-14-11-19-12-15(14)10-13/h6-7,10,16,18H,3-5,8-9,11-12H2,1-2H3. The summed E-state index contributed by atoms with van der Waals surface area (Å²) in [4.78, 5) is 0. The first kappa shape index (κ1) is 13.1. The molecule has 0 bridgehead atoms. The molecule has 3 rings (SSSR count). The number of benzene rings is 1. The van der Waals surface area contributed by atoms with Crippen molar-refractivity contribution in [3.8, 4) is 0 Å². The van der Waals surface area contributed by atoms with E-state index in [1.54, 1.807) is 0 Å². The second-order valence-electron chi connectivity index (χ2n) is 6.37. The van der Waals surface area contributed by atoms with Gasteiger partial charge in [0.2, 0.25) is 0 Å². The monoisotopic (exact) mass is 259 g/mol. The minimum Gasteiger partial charge on any atom is -0.372 e. The van der Waals surface area contributed by atoms with Crippen LogP contribution in [-0.4, -0.2) is 6.54 Å². The summed E-state index contributed by atoms with van der Waals surface area (Å²) >= 11 is 0. The van der Waals surface area contributed by atoms with Gasteiger partial charge in [-0.1, -0.05) is 44.9 Å². The normalized spacial score (nSPS) is 22.4. The van der Waals surface area contributed by atoms with Crippen molar-refractivity contribution < 1.29 is 4.74 Å². The molecule has 0 aromatic heterocycles. The SMILES string of the molecule is CCNC(c1ccc2c(c1)COC2)C1(C)CCCC1. The minimum atomic E-state index is 0.420. The lowest BCUT2D eigenvalue weighted by atomic mass is 9.76. The third kappa shape index (κ3) is 2.44. The van der Waals surface area contributed by atoms with E-state index in [0.717, 1.165) is 19.8 Å². The maximum atomic E-state index is 5.54. The Labute approximate surface area is 116 Å². The number of hydrogen-bond acceptors (Lipinski definition) is 2. The summed E-state index contributed by atoms with van der Waals surface area (Å²) in [5, 5.41) is 3.73. The first-order valence-electron chi connectivity index (χ1n) is 7.66. The first-order valence-corrected chi connectivity index (χ1v) is 7.66. The zero-order chi connectivity index (χ0) is 13.3. The average Bonchev–Trinajstić information content (AvgIpc) is 3.04. The summed E-state index contributed by atoms with van der Waals surface area (Å²) in [5.74, 6) is 0. The zero-order valence-corrected chi connectivity index (χ0v) is 12.2. The summed E-state index contributed by atoms with van der Waals surface area (Å²) in [5.41, 5.74) is 4.64. The van der Waals surface area contributed by atoms with Crippen LogP contribution in [0.2, 0.25) is 0 Å². The molecule has 1 aromatic carbocycles. The fraction of sp³-hybridized carbons (Fsp3) is 0.647. The van der Waals surface area contributed by atoms with Crippen LogP contribution in [0.15, 0.2) is 18.2 Å². The quantitative estimate of drug-likeness (QED) is 0.884. The van der Waals surface area contributed by atoms with Crippen molar-refractivity contribution in [1.29, 1.82) is 0 Å². The van der Waals surface area contributed by atoms with Crippen molar-refractivity contribution in [3.05, 3.63) is 34.9 Å². The lowest BCUT2D eigenvalue weighted by molar-refractivity contribution is 0.134. The van der Waals surface area contributed by atoms with Gasteiger partial charge in [0.1, 0.15) is 0 Å². The lowest BCUT2D eigenvalue weighted by Crippen LogP contribution is -2.34. The Morgan fingerprint density at radius 2 is 1.95 bits per heavy atom. The van der Waals surface area contributed by atoms with Gasteiger partial charge in [-0.05, 0) is 41.5 Å². The maximum absolute atomic E-state index is 5.54. The van der Waals surface area contributed by atoms with Crippen LogP contribution in [0.4, 0.5) is 0 Å². The Balaban J connectivity index is 1.91. The van der Waals surface area contributed by atoms with Gasteiger partial charge in [0.15, 0.2) is 0 Å². The van der Waals surface area contributed by atoms with E-state index in [0.29, 0.717) is 11.5 Å². The Hall–Kier alpha value is -0.860. The third-order valence-electron chi connectivity index (χ3n) is 4.93. The molecule has 2 aliphatic rings. The minimum absolute atomic E-state index is 0.420. The van der Waals surface area contributed by atoms with Crippen molar-refractivity contribution in [1.82, 2.24) is 5.32 Å². The van der Waals surface area contributed by atoms with Gasteiger partial charge >= 0.3 is 0 Å². The molecule has 19 heavy (non-hydrogen) atoms. The van der Waals surface area contributed by atoms with Gasteiger partial charge in [0.25, 0.3) is 0 Å². The van der Waals surface area contributed by atoms with E-state index < -0.39 is 0 Å². The largest absolute Gasteiger partial charge is 0.372 e. The number of nitrogens with one attached hydrogen (secondary N) is 1. The van der Waals surface area contributed by atoms with E-state index in [4.69, 9.17) is 4.74 Å².